The van der Waals surface area contributed by atoms with Gasteiger partial charge in [0.2, 0.25) is 0 Å². The van der Waals surface area contributed by atoms with Crippen molar-refractivity contribution in [1.29, 1.82) is 0 Å². The van der Waals surface area contributed by atoms with E-state index in [1.807, 2.05) is 5.38 Å². The number of thiazole rings is 1. The average molecular weight is 552 g/mol. The normalized spacial score (nSPS) is 19.6. The quantitative estimate of drug-likeness (QED) is 0.487. The number of carbonyl (C=O) groups is 1. The van der Waals surface area contributed by atoms with Gasteiger partial charge in [-0.3, -0.25) is 14.8 Å². The zero-order valence-electron chi connectivity index (χ0n) is 18.8. The second-order valence-electron chi connectivity index (χ2n) is 7.96. The third-order valence-electron chi connectivity index (χ3n) is 5.78. The lowest BCUT2D eigenvalue weighted by molar-refractivity contribution is -0.139. The molecule has 0 bridgehead atoms. The predicted octanol–water partition coefficient (Wildman–Crippen LogP) is 2.56. The van der Waals surface area contributed by atoms with Crippen LogP contribution in [0, 0.1) is 5.82 Å². The first kappa shape index (κ1) is 24.9. The fraction of sp³-hybridized carbons (Fsp3) is 0.435. The van der Waals surface area contributed by atoms with Crippen molar-refractivity contribution >= 4 is 39.1 Å². The number of aliphatic hydroxyl groups excluding tert-OH is 1. The Balaban J connectivity index is 1.72. The van der Waals surface area contributed by atoms with Crippen molar-refractivity contribution in [3.8, 4) is 0 Å². The molecule has 1 aromatic heterocycles. The zero-order chi connectivity index (χ0) is 24.1. The first-order chi connectivity index (χ1) is 16.5. The highest BCUT2D eigenvalue weighted by atomic mass is 79.9. The molecule has 182 valence electrons. The Morgan fingerprint density at radius 3 is 2.74 bits per heavy atom. The SMILES string of the molecule is CCOC(=O)C1=C(CN2CCN(CCO)CC2)NC(c2nccs2)=NC1c1ccc(F)cc1Br. The molecule has 4 rings (SSSR count). The van der Waals surface area contributed by atoms with Gasteiger partial charge in [-0.05, 0) is 24.6 Å². The maximum atomic E-state index is 13.8. The van der Waals surface area contributed by atoms with Crippen LogP contribution in [0.25, 0.3) is 0 Å². The molecule has 0 spiro atoms. The number of amidine groups is 1. The van der Waals surface area contributed by atoms with Gasteiger partial charge >= 0.3 is 5.97 Å². The van der Waals surface area contributed by atoms with E-state index in [1.165, 1.54) is 23.5 Å². The summed E-state index contributed by atoms with van der Waals surface area (Å²) in [6, 6.07) is 3.70. The molecule has 1 unspecified atom stereocenters. The number of halogens is 2. The van der Waals surface area contributed by atoms with E-state index in [4.69, 9.17) is 9.73 Å². The molecule has 1 aromatic carbocycles. The summed E-state index contributed by atoms with van der Waals surface area (Å²) in [6.45, 7) is 6.57. The van der Waals surface area contributed by atoms with E-state index < -0.39 is 12.0 Å². The molecule has 1 atom stereocenters. The minimum atomic E-state index is -0.681. The summed E-state index contributed by atoms with van der Waals surface area (Å²) in [6.07, 6.45) is 1.71. The smallest absolute Gasteiger partial charge is 0.338 e. The Kier molecular flexibility index (Phi) is 8.43. The van der Waals surface area contributed by atoms with E-state index >= 15 is 0 Å². The van der Waals surface area contributed by atoms with Crippen LogP contribution in [0.2, 0.25) is 0 Å². The number of piperazine rings is 1. The van der Waals surface area contributed by atoms with Crippen LogP contribution in [-0.4, -0.2) is 84.2 Å². The minimum Gasteiger partial charge on any atom is -0.463 e. The van der Waals surface area contributed by atoms with Gasteiger partial charge < -0.3 is 15.2 Å². The third-order valence-corrected chi connectivity index (χ3v) is 7.24. The molecule has 0 radical (unpaired) electrons. The lowest BCUT2D eigenvalue weighted by Crippen LogP contribution is -2.49. The zero-order valence-corrected chi connectivity index (χ0v) is 21.2. The highest BCUT2D eigenvalue weighted by Gasteiger charge is 2.34. The molecule has 2 aromatic rings. The number of esters is 1. The number of nitrogens with zero attached hydrogens (tertiary/aromatic N) is 4. The number of hydrogen-bond acceptors (Lipinski definition) is 9. The number of nitrogens with one attached hydrogen (secondary N) is 1. The Hall–Kier alpha value is -2.18. The number of rotatable bonds is 8. The van der Waals surface area contributed by atoms with Gasteiger partial charge in [0.05, 0.1) is 18.8 Å². The van der Waals surface area contributed by atoms with Crippen LogP contribution in [0.3, 0.4) is 0 Å². The van der Waals surface area contributed by atoms with Crippen LogP contribution in [0.4, 0.5) is 4.39 Å². The number of ether oxygens (including phenoxy) is 1. The molecular weight excluding hydrogens is 525 g/mol. The van der Waals surface area contributed by atoms with E-state index in [2.05, 4.69) is 36.0 Å². The topological polar surface area (TPSA) is 90.3 Å². The summed E-state index contributed by atoms with van der Waals surface area (Å²) >= 11 is 4.90. The standard InChI is InChI=1S/C23H27BrFN5O3S/c1-2-33-23(32)19-18(14-30-8-6-29(7-9-30)10-11-31)27-21(22-26-5-12-34-22)28-20(19)16-4-3-15(25)13-17(16)24/h3-5,12-13,20,31H,2,6-11,14H2,1H3,(H,27,28). The summed E-state index contributed by atoms with van der Waals surface area (Å²) in [5.74, 6) is -0.262. The summed E-state index contributed by atoms with van der Waals surface area (Å²) in [4.78, 5) is 26.9. The van der Waals surface area contributed by atoms with Crippen LogP contribution in [-0.2, 0) is 9.53 Å². The predicted molar refractivity (Wildman–Crippen MR) is 132 cm³/mol. The van der Waals surface area contributed by atoms with Crippen molar-refractivity contribution in [3.05, 3.63) is 61.9 Å². The van der Waals surface area contributed by atoms with Gasteiger partial charge in [-0.25, -0.2) is 14.2 Å². The second kappa shape index (κ2) is 11.5. The van der Waals surface area contributed by atoms with Crippen LogP contribution >= 0.6 is 27.3 Å². The Morgan fingerprint density at radius 1 is 1.32 bits per heavy atom. The van der Waals surface area contributed by atoms with E-state index in [1.54, 1.807) is 19.2 Å². The van der Waals surface area contributed by atoms with Crippen molar-refractivity contribution in [2.75, 3.05) is 52.5 Å². The largest absolute Gasteiger partial charge is 0.463 e. The van der Waals surface area contributed by atoms with Crippen molar-refractivity contribution in [2.45, 2.75) is 13.0 Å². The number of hydrogen-bond donors (Lipinski definition) is 2. The second-order valence-corrected chi connectivity index (χ2v) is 9.71. The maximum Gasteiger partial charge on any atom is 0.338 e. The van der Waals surface area contributed by atoms with E-state index in [-0.39, 0.29) is 19.0 Å². The van der Waals surface area contributed by atoms with Crippen LogP contribution in [0.1, 0.15) is 23.5 Å². The Morgan fingerprint density at radius 2 is 2.09 bits per heavy atom. The lowest BCUT2D eigenvalue weighted by atomic mass is 9.95. The third kappa shape index (κ3) is 5.72. The molecule has 0 amide bonds. The molecule has 0 aliphatic carbocycles. The van der Waals surface area contributed by atoms with Crippen molar-refractivity contribution in [1.82, 2.24) is 20.1 Å². The van der Waals surface area contributed by atoms with Crippen LogP contribution < -0.4 is 5.32 Å². The Bertz CT molecular complexity index is 1070. The number of aromatic nitrogens is 1. The van der Waals surface area contributed by atoms with Crippen molar-refractivity contribution in [3.63, 3.8) is 0 Å². The Labute approximate surface area is 210 Å². The first-order valence-electron chi connectivity index (χ1n) is 11.2. The maximum absolute atomic E-state index is 13.8. The van der Waals surface area contributed by atoms with Gasteiger partial charge in [-0.15, -0.1) is 11.3 Å². The number of benzene rings is 1. The van der Waals surface area contributed by atoms with Gasteiger partial charge in [0.25, 0.3) is 0 Å². The summed E-state index contributed by atoms with van der Waals surface area (Å²) in [5, 5.41) is 15.1. The molecule has 11 heteroatoms. The summed E-state index contributed by atoms with van der Waals surface area (Å²) in [5.41, 5.74) is 1.79. The summed E-state index contributed by atoms with van der Waals surface area (Å²) in [7, 11) is 0. The number of β-amino-alcohol motifs (C(OH)–C–C–N with tert-alkyl or cyclic N) is 1. The first-order valence-corrected chi connectivity index (χ1v) is 12.8. The van der Waals surface area contributed by atoms with Gasteiger partial charge in [0.1, 0.15) is 11.9 Å². The fourth-order valence-corrected chi connectivity index (χ4v) is 5.26. The lowest BCUT2D eigenvalue weighted by Gasteiger charge is -2.36. The van der Waals surface area contributed by atoms with E-state index in [0.717, 1.165) is 26.2 Å². The number of aliphatic hydroxyl groups is 1. The molecule has 0 saturated carbocycles. The molecule has 2 N–H and O–H groups in total. The minimum absolute atomic E-state index is 0.140. The molecule has 3 heterocycles. The highest BCUT2D eigenvalue weighted by Crippen LogP contribution is 2.37. The molecule has 34 heavy (non-hydrogen) atoms. The molecule has 8 nitrogen and oxygen atoms in total. The molecule has 2 aliphatic rings. The summed E-state index contributed by atoms with van der Waals surface area (Å²) < 4.78 is 19.8. The van der Waals surface area contributed by atoms with Crippen molar-refractivity contribution < 1.29 is 19.0 Å². The molecule has 1 saturated heterocycles. The molecule has 1 fully saturated rings. The van der Waals surface area contributed by atoms with Gasteiger partial charge in [0, 0.05) is 61.0 Å². The van der Waals surface area contributed by atoms with E-state index in [0.29, 0.717) is 45.2 Å². The van der Waals surface area contributed by atoms with Crippen LogP contribution in [0.5, 0.6) is 0 Å². The van der Waals surface area contributed by atoms with Crippen molar-refractivity contribution in [2.24, 2.45) is 4.99 Å². The van der Waals surface area contributed by atoms with Gasteiger partial charge in [0.15, 0.2) is 10.8 Å². The molecule has 2 aliphatic heterocycles. The highest BCUT2D eigenvalue weighted by molar-refractivity contribution is 9.10. The van der Waals surface area contributed by atoms with Crippen LogP contribution in [0.15, 0.2) is 50.5 Å². The molecular formula is C23H27BrFN5O3S. The van der Waals surface area contributed by atoms with Gasteiger partial charge in [-0.1, -0.05) is 22.0 Å². The monoisotopic (exact) mass is 551 g/mol. The fourth-order valence-electron chi connectivity index (χ4n) is 4.10. The van der Waals surface area contributed by atoms with Gasteiger partial charge in [-0.2, -0.15) is 0 Å². The van der Waals surface area contributed by atoms with E-state index in [9.17, 15) is 14.3 Å². The number of aliphatic imine (C=N–C) groups is 1. The average Bonchev–Trinajstić information content (AvgIpc) is 3.35. The number of carbonyl (C=O) groups excluding carboxylic acids is 1.